The first-order chi connectivity index (χ1) is 9.33. The summed E-state index contributed by atoms with van der Waals surface area (Å²) in [6, 6.07) is 9.24. The molecule has 3 rings (SSSR count). The molecule has 1 aromatic carbocycles. The Morgan fingerprint density at radius 2 is 2.26 bits per heavy atom. The molecule has 0 saturated carbocycles. The third kappa shape index (κ3) is 2.57. The summed E-state index contributed by atoms with van der Waals surface area (Å²) in [5.74, 6) is 1.36. The number of pyridine rings is 1. The van der Waals surface area contributed by atoms with Gasteiger partial charge in [-0.3, -0.25) is 9.78 Å². The van der Waals surface area contributed by atoms with Crippen LogP contribution >= 0.6 is 0 Å². The zero-order valence-corrected chi connectivity index (χ0v) is 10.3. The lowest BCUT2D eigenvalue weighted by atomic mass is 10.1. The minimum absolute atomic E-state index is 0.0249. The van der Waals surface area contributed by atoms with Crippen LogP contribution in [-0.4, -0.2) is 24.0 Å². The first-order valence-electron chi connectivity index (χ1n) is 6.15. The van der Waals surface area contributed by atoms with Crippen LogP contribution in [0.2, 0.25) is 0 Å². The second-order valence-corrected chi connectivity index (χ2v) is 4.33. The molecular weight excluding hydrogens is 242 g/mol. The van der Waals surface area contributed by atoms with E-state index in [1.165, 1.54) is 0 Å². The van der Waals surface area contributed by atoms with E-state index in [9.17, 15) is 4.79 Å². The Morgan fingerprint density at radius 3 is 3.11 bits per heavy atom. The number of ether oxygens (including phenoxy) is 2. The highest BCUT2D eigenvalue weighted by molar-refractivity contribution is 6.02. The number of carbonyl (C=O) groups excluding carboxylic acids is 1. The molecule has 4 heteroatoms. The van der Waals surface area contributed by atoms with E-state index >= 15 is 0 Å². The van der Waals surface area contributed by atoms with Crippen molar-refractivity contribution >= 4 is 5.78 Å². The van der Waals surface area contributed by atoms with E-state index in [1.807, 2.05) is 18.3 Å². The van der Waals surface area contributed by atoms with Gasteiger partial charge in [-0.2, -0.15) is 0 Å². The van der Waals surface area contributed by atoms with Crippen LogP contribution in [0.3, 0.4) is 0 Å². The Bertz CT molecular complexity index is 596. The van der Waals surface area contributed by atoms with Gasteiger partial charge in [0, 0.05) is 24.9 Å². The van der Waals surface area contributed by atoms with Gasteiger partial charge in [0.2, 0.25) is 5.78 Å². The molecule has 2 aromatic rings. The molecule has 0 N–H and O–H groups in total. The van der Waals surface area contributed by atoms with Crippen LogP contribution < -0.4 is 9.47 Å². The van der Waals surface area contributed by atoms with Gasteiger partial charge in [0.25, 0.3) is 0 Å². The number of aromatic nitrogens is 1. The van der Waals surface area contributed by atoms with Gasteiger partial charge >= 0.3 is 0 Å². The highest BCUT2D eigenvalue weighted by Gasteiger charge is 2.21. The molecule has 2 heterocycles. The fourth-order valence-electron chi connectivity index (χ4n) is 2.00. The van der Waals surface area contributed by atoms with Gasteiger partial charge in [-0.05, 0) is 23.8 Å². The van der Waals surface area contributed by atoms with Crippen LogP contribution in [0.1, 0.15) is 15.9 Å². The van der Waals surface area contributed by atoms with Gasteiger partial charge in [-0.25, -0.2) is 0 Å². The fourth-order valence-corrected chi connectivity index (χ4v) is 2.00. The molecule has 1 aromatic heterocycles. The average Bonchev–Trinajstić information content (AvgIpc) is 2.81. The van der Waals surface area contributed by atoms with Gasteiger partial charge in [0.15, 0.2) is 6.61 Å². The quantitative estimate of drug-likeness (QED) is 0.841. The number of fused-ring (bicyclic) bond motifs is 1. The molecule has 1 aliphatic heterocycles. The molecule has 0 fully saturated rings. The van der Waals surface area contributed by atoms with Gasteiger partial charge in [0.05, 0.1) is 12.2 Å². The van der Waals surface area contributed by atoms with Gasteiger partial charge in [-0.1, -0.05) is 6.07 Å². The third-order valence-electron chi connectivity index (χ3n) is 2.99. The fraction of sp³-hybridized carbons (Fsp3) is 0.200. The maximum absolute atomic E-state index is 11.4. The first-order valence-corrected chi connectivity index (χ1v) is 6.15. The molecule has 0 unspecified atom stereocenters. The molecule has 96 valence electrons. The lowest BCUT2D eigenvalue weighted by Gasteiger charge is -2.07. The summed E-state index contributed by atoms with van der Waals surface area (Å²) in [7, 11) is 0. The number of Topliss-reactive ketones (excluding diaryl/α,β-unsaturated/α-hetero) is 1. The molecule has 1 aliphatic rings. The summed E-state index contributed by atoms with van der Waals surface area (Å²) in [5.41, 5.74) is 1.77. The van der Waals surface area contributed by atoms with Crippen molar-refractivity contribution in [3.05, 3.63) is 53.9 Å². The molecule has 0 saturated heterocycles. The molecule has 0 amide bonds. The Kier molecular flexibility index (Phi) is 3.14. The monoisotopic (exact) mass is 255 g/mol. The zero-order chi connectivity index (χ0) is 13.1. The molecular formula is C15H13NO3. The van der Waals surface area contributed by atoms with Gasteiger partial charge in [-0.15, -0.1) is 0 Å². The predicted molar refractivity (Wildman–Crippen MR) is 69.7 cm³/mol. The Hall–Kier alpha value is -2.36. The summed E-state index contributed by atoms with van der Waals surface area (Å²) in [5, 5.41) is 0. The summed E-state index contributed by atoms with van der Waals surface area (Å²) in [6.45, 7) is 0.701. The number of nitrogens with zero attached hydrogens (tertiary/aromatic N) is 1. The highest BCUT2D eigenvalue weighted by atomic mass is 16.5. The van der Waals surface area contributed by atoms with Crippen LogP contribution in [0.25, 0.3) is 0 Å². The predicted octanol–water partition coefficient (Wildman–Crippen LogP) is 2.28. The van der Waals surface area contributed by atoms with Crippen molar-refractivity contribution < 1.29 is 14.3 Å². The van der Waals surface area contributed by atoms with Crippen LogP contribution in [0.4, 0.5) is 0 Å². The normalized spacial score (nSPS) is 12.9. The molecule has 0 spiro atoms. The second kappa shape index (κ2) is 5.10. The van der Waals surface area contributed by atoms with Crippen molar-refractivity contribution in [1.29, 1.82) is 0 Å². The number of ketones is 1. The van der Waals surface area contributed by atoms with Crippen molar-refractivity contribution in [3.63, 3.8) is 0 Å². The average molecular weight is 255 g/mol. The van der Waals surface area contributed by atoms with Crippen molar-refractivity contribution in [3.8, 4) is 11.5 Å². The SMILES string of the molecule is O=C1COc2cc(OCCc3cccnc3)ccc21. The van der Waals surface area contributed by atoms with Crippen molar-refractivity contribution in [1.82, 2.24) is 4.98 Å². The summed E-state index contributed by atoms with van der Waals surface area (Å²) < 4.78 is 10.9. The standard InChI is InChI=1S/C15H13NO3/c17-14-10-19-15-8-12(3-4-13(14)15)18-7-5-11-2-1-6-16-9-11/h1-4,6,8-9H,5,7,10H2. The third-order valence-corrected chi connectivity index (χ3v) is 2.99. The largest absolute Gasteiger partial charge is 0.493 e. The zero-order valence-electron chi connectivity index (χ0n) is 10.3. The number of hydrogen-bond donors (Lipinski definition) is 0. The molecule has 19 heavy (non-hydrogen) atoms. The molecule has 0 bridgehead atoms. The van der Waals surface area contributed by atoms with E-state index in [0.717, 1.165) is 17.7 Å². The van der Waals surface area contributed by atoms with Crippen molar-refractivity contribution in [2.45, 2.75) is 6.42 Å². The van der Waals surface area contributed by atoms with E-state index < -0.39 is 0 Å². The smallest absolute Gasteiger partial charge is 0.203 e. The van der Waals surface area contributed by atoms with Crippen LogP contribution in [0, 0.1) is 0 Å². The maximum atomic E-state index is 11.4. The molecule has 0 radical (unpaired) electrons. The van der Waals surface area contributed by atoms with E-state index in [4.69, 9.17) is 9.47 Å². The lowest BCUT2D eigenvalue weighted by Crippen LogP contribution is -2.01. The maximum Gasteiger partial charge on any atom is 0.203 e. The van der Waals surface area contributed by atoms with Gasteiger partial charge < -0.3 is 9.47 Å². The van der Waals surface area contributed by atoms with Crippen LogP contribution in [-0.2, 0) is 6.42 Å². The number of benzene rings is 1. The topological polar surface area (TPSA) is 48.4 Å². The molecule has 0 atom stereocenters. The Balaban J connectivity index is 1.61. The minimum atomic E-state index is 0.0249. The Morgan fingerprint density at radius 1 is 1.32 bits per heavy atom. The van der Waals surface area contributed by atoms with E-state index in [0.29, 0.717) is 17.9 Å². The van der Waals surface area contributed by atoms with E-state index in [-0.39, 0.29) is 12.4 Å². The summed E-state index contributed by atoms with van der Waals surface area (Å²) >= 11 is 0. The number of hydrogen-bond acceptors (Lipinski definition) is 4. The lowest BCUT2D eigenvalue weighted by molar-refractivity contribution is 0.0961. The molecule has 4 nitrogen and oxygen atoms in total. The molecule has 0 aliphatic carbocycles. The summed E-state index contributed by atoms with van der Waals surface area (Å²) in [6.07, 6.45) is 4.37. The minimum Gasteiger partial charge on any atom is -0.493 e. The number of rotatable bonds is 4. The van der Waals surface area contributed by atoms with E-state index in [2.05, 4.69) is 4.98 Å². The van der Waals surface area contributed by atoms with Crippen molar-refractivity contribution in [2.75, 3.05) is 13.2 Å². The van der Waals surface area contributed by atoms with E-state index in [1.54, 1.807) is 24.4 Å². The number of carbonyl (C=O) groups is 1. The van der Waals surface area contributed by atoms with Crippen molar-refractivity contribution in [2.24, 2.45) is 0 Å². The van der Waals surface area contributed by atoms with Gasteiger partial charge in [0.1, 0.15) is 11.5 Å². The highest BCUT2D eigenvalue weighted by Crippen LogP contribution is 2.29. The summed E-state index contributed by atoms with van der Waals surface area (Å²) in [4.78, 5) is 15.5. The Labute approximate surface area is 111 Å². The van der Waals surface area contributed by atoms with Crippen LogP contribution in [0.15, 0.2) is 42.7 Å². The second-order valence-electron chi connectivity index (χ2n) is 4.33. The van der Waals surface area contributed by atoms with Crippen LogP contribution in [0.5, 0.6) is 11.5 Å². The first kappa shape index (κ1) is 11.7.